The number of aryl methyl sites for hydroxylation is 2. The number of nitrogens with zero attached hydrogens (tertiary/aromatic N) is 2. The molecule has 0 bridgehead atoms. The van der Waals surface area contributed by atoms with Crippen molar-refractivity contribution in [3.63, 3.8) is 0 Å². The molecular formula is C8H14N4O2. The lowest BCUT2D eigenvalue weighted by Crippen LogP contribution is -2.28. The van der Waals surface area contributed by atoms with Gasteiger partial charge >= 0.3 is 0 Å². The van der Waals surface area contributed by atoms with E-state index in [2.05, 4.69) is 10.1 Å². The molecule has 0 amide bonds. The van der Waals surface area contributed by atoms with E-state index in [0.717, 1.165) is 11.3 Å². The van der Waals surface area contributed by atoms with Gasteiger partial charge in [0, 0.05) is 5.56 Å². The van der Waals surface area contributed by atoms with E-state index in [-0.39, 0.29) is 12.0 Å². The molecule has 1 atom stereocenters. The number of nitrogens with two attached hydrogens (primary N) is 1. The molecule has 4 N–H and O–H groups in total. The molecule has 1 unspecified atom stereocenters. The van der Waals surface area contributed by atoms with Crippen LogP contribution in [0.15, 0.2) is 9.52 Å². The van der Waals surface area contributed by atoms with Gasteiger partial charge in [-0.3, -0.25) is 5.21 Å². The third-order valence-electron chi connectivity index (χ3n) is 1.95. The summed E-state index contributed by atoms with van der Waals surface area (Å²) >= 11 is 0. The van der Waals surface area contributed by atoms with Gasteiger partial charge in [0.15, 0.2) is 0 Å². The van der Waals surface area contributed by atoms with Gasteiger partial charge in [-0.1, -0.05) is 5.16 Å². The average molecular weight is 198 g/mol. The van der Waals surface area contributed by atoms with E-state index >= 15 is 0 Å². The summed E-state index contributed by atoms with van der Waals surface area (Å²) in [4.78, 5) is 3.99. The molecule has 1 aromatic heterocycles. The molecule has 0 aliphatic rings. The third kappa shape index (κ3) is 2.02. The van der Waals surface area contributed by atoms with E-state index in [0.29, 0.717) is 5.76 Å². The van der Waals surface area contributed by atoms with Crippen molar-refractivity contribution in [2.75, 3.05) is 0 Å². The Morgan fingerprint density at radius 3 is 2.71 bits per heavy atom. The molecule has 0 saturated heterocycles. The number of aromatic nitrogens is 1. The maximum absolute atomic E-state index is 8.47. The number of nitrogens with one attached hydrogen (secondary N) is 1. The lowest BCUT2D eigenvalue weighted by Gasteiger charge is -2.06. The number of rotatable bonds is 2. The Hall–Kier alpha value is -1.56. The van der Waals surface area contributed by atoms with Crippen LogP contribution in [0.2, 0.25) is 0 Å². The van der Waals surface area contributed by atoms with E-state index in [9.17, 15) is 0 Å². The fraction of sp³-hybridized carbons (Fsp3) is 0.500. The predicted octanol–water partition coefficient (Wildman–Crippen LogP) is 0.646. The fourth-order valence-corrected chi connectivity index (χ4v) is 1.39. The molecule has 1 rings (SSSR count). The Morgan fingerprint density at radius 1 is 1.64 bits per heavy atom. The average Bonchev–Trinajstić information content (AvgIpc) is 2.46. The summed E-state index contributed by atoms with van der Waals surface area (Å²) < 4.78 is 4.99. The van der Waals surface area contributed by atoms with Crippen LogP contribution in [0.4, 0.5) is 0 Å². The quantitative estimate of drug-likeness (QED) is 0.368. The van der Waals surface area contributed by atoms with Gasteiger partial charge in [0.1, 0.15) is 5.76 Å². The third-order valence-corrected chi connectivity index (χ3v) is 1.95. The molecule has 1 heterocycles. The van der Waals surface area contributed by atoms with Gasteiger partial charge in [0.25, 0.3) is 0 Å². The molecule has 78 valence electrons. The normalized spacial score (nSPS) is 14.1. The Balaban J connectivity index is 2.94. The summed E-state index contributed by atoms with van der Waals surface area (Å²) in [5, 5.41) is 12.3. The molecule has 0 aliphatic heterocycles. The smallest absolute Gasteiger partial charge is 0.213 e. The first kappa shape index (κ1) is 10.5. The summed E-state index contributed by atoms with van der Waals surface area (Å²) in [6.07, 6.45) is 0. The van der Waals surface area contributed by atoms with Gasteiger partial charge < -0.3 is 10.3 Å². The van der Waals surface area contributed by atoms with Crippen molar-refractivity contribution < 1.29 is 9.73 Å². The summed E-state index contributed by atoms with van der Waals surface area (Å²) in [5.41, 5.74) is 8.77. The van der Waals surface area contributed by atoms with Crippen LogP contribution in [0.3, 0.4) is 0 Å². The first-order chi connectivity index (χ1) is 6.56. The van der Waals surface area contributed by atoms with Gasteiger partial charge in [0.2, 0.25) is 5.96 Å². The lowest BCUT2D eigenvalue weighted by molar-refractivity contribution is 0.232. The molecule has 1 aromatic rings. The van der Waals surface area contributed by atoms with Crippen molar-refractivity contribution >= 4 is 5.96 Å². The maximum atomic E-state index is 8.47. The Kier molecular flexibility index (Phi) is 3.08. The zero-order valence-electron chi connectivity index (χ0n) is 8.40. The lowest BCUT2D eigenvalue weighted by atomic mass is 10.1. The SMILES string of the molecule is Cc1noc(C)c1C(C)N=C(N)NO. The van der Waals surface area contributed by atoms with Gasteiger partial charge in [-0.15, -0.1) is 0 Å². The molecule has 14 heavy (non-hydrogen) atoms. The van der Waals surface area contributed by atoms with Gasteiger partial charge in [-0.05, 0) is 20.8 Å². The Morgan fingerprint density at radius 2 is 2.29 bits per heavy atom. The summed E-state index contributed by atoms with van der Waals surface area (Å²) in [5.74, 6) is 0.682. The minimum Gasteiger partial charge on any atom is -0.368 e. The van der Waals surface area contributed by atoms with E-state index in [4.69, 9.17) is 15.5 Å². The first-order valence-electron chi connectivity index (χ1n) is 4.22. The van der Waals surface area contributed by atoms with Crippen LogP contribution in [0, 0.1) is 13.8 Å². The monoisotopic (exact) mass is 198 g/mol. The van der Waals surface area contributed by atoms with Crippen LogP contribution in [-0.4, -0.2) is 16.3 Å². The second-order valence-corrected chi connectivity index (χ2v) is 3.04. The van der Waals surface area contributed by atoms with Crippen LogP contribution in [0.25, 0.3) is 0 Å². The highest BCUT2D eigenvalue weighted by atomic mass is 16.5. The minimum atomic E-state index is -0.194. The highest BCUT2D eigenvalue weighted by molar-refractivity contribution is 5.76. The molecule has 0 fully saturated rings. The van der Waals surface area contributed by atoms with E-state index < -0.39 is 0 Å². The van der Waals surface area contributed by atoms with Crippen LogP contribution in [0.1, 0.15) is 30.0 Å². The molecule has 6 heteroatoms. The largest absolute Gasteiger partial charge is 0.368 e. The second-order valence-electron chi connectivity index (χ2n) is 3.04. The van der Waals surface area contributed by atoms with Crippen LogP contribution in [-0.2, 0) is 0 Å². The summed E-state index contributed by atoms with van der Waals surface area (Å²) in [6.45, 7) is 5.49. The summed E-state index contributed by atoms with van der Waals surface area (Å²) in [6, 6.07) is -0.194. The van der Waals surface area contributed by atoms with Crippen LogP contribution in [0.5, 0.6) is 0 Å². The van der Waals surface area contributed by atoms with Crippen LogP contribution >= 0.6 is 0 Å². The number of guanidine groups is 1. The van der Waals surface area contributed by atoms with Crippen molar-refractivity contribution in [3.05, 3.63) is 17.0 Å². The van der Waals surface area contributed by atoms with Gasteiger partial charge in [-0.25, -0.2) is 10.5 Å². The molecule has 6 nitrogen and oxygen atoms in total. The highest BCUT2D eigenvalue weighted by Crippen LogP contribution is 2.23. The Labute approximate surface area is 81.8 Å². The number of aliphatic imine (C=N–C) groups is 1. The molecule has 0 aliphatic carbocycles. The molecule has 0 spiro atoms. The predicted molar refractivity (Wildman–Crippen MR) is 50.9 cm³/mol. The number of hydrogen-bond acceptors (Lipinski definition) is 4. The maximum Gasteiger partial charge on any atom is 0.213 e. The zero-order chi connectivity index (χ0) is 10.7. The van der Waals surface area contributed by atoms with E-state index in [1.165, 1.54) is 0 Å². The highest BCUT2D eigenvalue weighted by Gasteiger charge is 2.15. The first-order valence-corrected chi connectivity index (χ1v) is 4.22. The molecule has 0 radical (unpaired) electrons. The van der Waals surface area contributed by atoms with Crippen molar-refractivity contribution in [2.24, 2.45) is 10.7 Å². The van der Waals surface area contributed by atoms with Crippen molar-refractivity contribution in [1.82, 2.24) is 10.6 Å². The fourth-order valence-electron chi connectivity index (χ4n) is 1.39. The zero-order valence-corrected chi connectivity index (χ0v) is 8.40. The van der Waals surface area contributed by atoms with Crippen molar-refractivity contribution in [3.8, 4) is 0 Å². The van der Waals surface area contributed by atoms with Crippen molar-refractivity contribution in [2.45, 2.75) is 26.8 Å². The second kappa shape index (κ2) is 4.10. The van der Waals surface area contributed by atoms with Crippen LogP contribution < -0.4 is 11.2 Å². The molecule has 0 saturated carbocycles. The van der Waals surface area contributed by atoms with E-state index in [1.54, 1.807) is 5.48 Å². The Bertz CT molecular complexity index is 326. The number of hydroxylamine groups is 1. The van der Waals surface area contributed by atoms with Gasteiger partial charge in [-0.2, -0.15) is 0 Å². The standard InChI is InChI=1S/C8H14N4O2/c1-4(10-8(9)11-13)7-5(2)12-14-6(7)3/h4,13H,1-3H3,(H3,9,10,11). The molecule has 0 aromatic carbocycles. The van der Waals surface area contributed by atoms with Crippen molar-refractivity contribution in [1.29, 1.82) is 0 Å². The number of hydrogen-bond donors (Lipinski definition) is 3. The minimum absolute atomic E-state index is 0.0301. The van der Waals surface area contributed by atoms with Gasteiger partial charge in [0.05, 0.1) is 11.7 Å². The van der Waals surface area contributed by atoms with E-state index in [1.807, 2.05) is 20.8 Å². The summed E-state index contributed by atoms with van der Waals surface area (Å²) in [7, 11) is 0. The molecular weight excluding hydrogens is 184 g/mol. The topological polar surface area (TPSA) is 96.7 Å².